The Kier molecular flexibility index (Phi) is 2.71. The molecule has 0 amide bonds. The van der Waals surface area contributed by atoms with Gasteiger partial charge in [-0.05, 0) is 30.0 Å². The second-order valence-electron chi connectivity index (χ2n) is 3.34. The topological polar surface area (TPSA) is 32.3 Å². The van der Waals surface area contributed by atoms with Crippen molar-refractivity contribution in [3.05, 3.63) is 29.3 Å². The summed E-state index contributed by atoms with van der Waals surface area (Å²) in [6, 6.07) is 6.06. The highest BCUT2D eigenvalue weighted by Crippen LogP contribution is 2.21. The molecule has 0 saturated carbocycles. The molecular weight excluding hydrogens is 150 g/mol. The zero-order valence-corrected chi connectivity index (χ0v) is 7.76. The molecule has 2 N–H and O–H groups in total. The number of aryl methyl sites for hydroxylation is 1. The average molecular weight is 165 g/mol. The standard InChI is InChI=1S/C10H15NO/c1-7(2)9-5-4-8(3)10(6-9)11-12/h4-7,11-12H,1-3H3. The summed E-state index contributed by atoms with van der Waals surface area (Å²) < 4.78 is 0. The van der Waals surface area contributed by atoms with Crippen molar-refractivity contribution in [3.63, 3.8) is 0 Å². The van der Waals surface area contributed by atoms with Crippen molar-refractivity contribution in [3.8, 4) is 0 Å². The monoisotopic (exact) mass is 165 g/mol. The lowest BCUT2D eigenvalue weighted by Crippen LogP contribution is -1.95. The van der Waals surface area contributed by atoms with Crippen LogP contribution in [0.1, 0.15) is 30.9 Å². The van der Waals surface area contributed by atoms with Gasteiger partial charge in [-0.3, -0.25) is 10.7 Å². The van der Waals surface area contributed by atoms with E-state index in [-0.39, 0.29) is 0 Å². The molecule has 0 fully saturated rings. The minimum absolute atomic E-state index is 0.498. The predicted molar refractivity (Wildman–Crippen MR) is 50.7 cm³/mol. The summed E-state index contributed by atoms with van der Waals surface area (Å²) in [5, 5.41) is 8.77. The molecule has 0 heterocycles. The molecule has 0 unspecified atom stereocenters. The molecule has 2 heteroatoms. The van der Waals surface area contributed by atoms with Crippen molar-refractivity contribution in [2.75, 3.05) is 5.48 Å². The average Bonchev–Trinajstić information content (AvgIpc) is 2.05. The maximum atomic E-state index is 8.77. The Hall–Kier alpha value is -1.02. The fourth-order valence-electron chi connectivity index (χ4n) is 1.12. The molecule has 12 heavy (non-hydrogen) atoms. The third kappa shape index (κ3) is 1.77. The first-order valence-corrected chi connectivity index (χ1v) is 4.16. The van der Waals surface area contributed by atoms with Crippen LogP contribution in [-0.4, -0.2) is 5.21 Å². The first-order chi connectivity index (χ1) is 5.65. The Morgan fingerprint density at radius 2 is 2.00 bits per heavy atom. The highest BCUT2D eigenvalue weighted by Gasteiger charge is 2.01. The van der Waals surface area contributed by atoms with Crippen molar-refractivity contribution in [1.82, 2.24) is 0 Å². The van der Waals surface area contributed by atoms with Gasteiger partial charge in [-0.15, -0.1) is 0 Å². The molecule has 0 bridgehead atoms. The van der Waals surface area contributed by atoms with E-state index < -0.39 is 0 Å². The number of rotatable bonds is 2. The number of anilines is 1. The smallest absolute Gasteiger partial charge is 0.0634 e. The molecule has 1 aromatic rings. The van der Waals surface area contributed by atoms with Crippen LogP contribution in [-0.2, 0) is 0 Å². The fourth-order valence-corrected chi connectivity index (χ4v) is 1.12. The van der Waals surface area contributed by atoms with Gasteiger partial charge < -0.3 is 0 Å². The maximum absolute atomic E-state index is 8.77. The van der Waals surface area contributed by atoms with Gasteiger partial charge in [-0.2, -0.15) is 0 Å². The molecule has 0 radical (unpaired) electrons. The lowest BCUT2D eigenvalue weighted by atomic mass is 10.0. The summed E-state index contributed by atoms with van der Waals surface area (Å²) in [5.41, 5.74) is 5.27. The minimum Gasteiger partial charge on any atom is -0.291 e. The predicted octanol–water partition coefficient (Wildman–Crippen LogP) is 2.92. The molecule has 0 aliphatic carbocycles. The Bertz CT molecular complexity index is 269. The van der Waals surface area contributed by atoms with Gasteiger partial charge in [0.25, 0.3) is 0 Å². The molecule has 1 aromatic carbocycles. The molecule has 0 aromatic heterocycles. The summed E-state index contributed by atoms with van der Waals surface area (Å²) >= 11 is 0. The van der Waals surface area contributed by atoms with E-state index in [4.69, 9.17) is 5.21 Å². The normalized spacial score (nSPS) is 10.4. The molecule has 0 aliphatic rings. The van der Waals surface area contributed by atoms with E-state index in [2.05, 4.69) is 25.4 Å². The fraction of sp³-hybridized carbons (Fsp3) is 0.400. The number of nitrogens with one attached hydrogen (secondary N) is 1. The van der Waals surface area contributed by atoms with E-state index in [1.54, 1.807) is 0 Å². The third-order valence-electron chi connectivity index (χ3n) is 2.05. The molecule has 1 rings (SSSR count). The van der Waals surface area contributed by atoms with E-state index >= 15 is 0 Å². The molecule has 2 nitrogen and oxygen atoms in total. The van der Waals surface area contributed by atoms with Gasteiger partial charge in [0.15, 0.2) is 0 Å². The van der Waals surface area contributed by atoms with Crippen LogP contribution in [0.2, 0.25) is 0 Å². The summed E-state index contributed by atoms with van der Waals surface area (Å²) in [6.07, 6.45) is 0. The Labute approximate surface area is 73.2 Å². The number of hydrogen-bond acceptors (Lipinski definition) is 2. The molecule has 0 spiro atoms. The number of hydrogen-bond donors (Lipinski definition) is 2. The summed E-state index contributed by atoms with van der Waals surface area (Å²) in [4.78, 5) is 0. The van der Waals surface area contributed by atoms with Crippen LogP contribution < -0.4 is 5.48 Å². The van der Waals surface area contributed by atoms with Crippen molar-refractivity contribution in [1.29, 1.82) is 0 Å². The van der Waals surface area contributed by atoms with Crippen LogP contribution in [0.3, 0.4) is 0 Å². The van der Waals surface area contributed by atoms with E-state index in [0.29, 0.717) is 5.92 Å². The van der Waals surface area contributed by atoms with E-state index in [1.165, 1.54) is 5.56 Å². The maximum Gasteiger partial charge on any atom is 0.0634 e. The van der Waals surface area contributed by atoms with E-state index in [0.717, 1.165) is 11.3 Å². The molecule has 0 atom stereocenters. The van der Waals surface area contributed by atoms with Crippen LogP contribution in [0, 0.1) is 6.92 Å². The summed E-state index contributed by atoms with van der Waals surface area (Å²) in [7, 11) is 0. The zero-order chi connectivity index (χ0) is 9.14. The third-order valence-corrected chi connectivity index (χ3v) is 2.05. The largest absolute Gasteiger partial charge is 0.291 e. The Morgan fingerprint density at radius 3 is 2.50 bits per heavy atom. The molecular formula is C10H15NO. The lowest BCUT2D eigenvalue weighted by Gasteiger charge is -2.09. The van der Waals surface area contributed by atoms with Crippen molar-refractivity contribution in [2.45, 2.75) is 26.7 Å². The van der Waals surface area contributed by atoms with Gasteiger partial charge in [0, 0.05) is 0 Å². The van der Waals surface area contributed by atoms with E-state index in [9.17, 15) is 0 Å². The Balaban J connectivity index is 3.05. The van der Waals surface area contributed by atoms with Crippen LogP contribution in [0.4, 0.5) is 5.69 Å². The van der Waals surface area contributed by atoms with Crippen molar-refractivity contribution >= 4 is 5.69 Å². The van der Waals surface area contributed by atoms with Crippen molar-refractivity contribution in [2.24, 2.45) is 0 Å². The highest BCUT2D eigenvalue weighted by atomic mass is 16.5. The molecule has 0 saturated heterocycles. The van der Waals surface area contributed by atoms with Gasteiger partial charge in [0.2, 0.25) is 0 Å². The lowest BCUT2D eigenvalue weighted by molar-refractivity contribution is 0.388. The first kappa shape index (κ1) is 9.07. The number of benzene rings is 1. The molecule has 66 valence electrons. The summed E-state index contributed by atoms with van der Waals surface area (Å²) in [6.45, 7) is 6.22. The van der Waals surface area contributed by atoms with Gasteiger partial charge in [-0.1, -0.05) is 26.0 Å². The summed E-state index contributed by atoms with van der Waals surface area (Å²) in [5.74, 6) is 0.498. The highest BCUT2D eigenvalue weighted by molar-refractivity contribution is 5.51. The van der Waals surface area contributed by atoms with Crippen LogP contribution in [0.5, 0.6) is 0 Å². The van der Waals surface area contributed by atoms with E-state index in [1.807, 2.05) is 19.1 Å². The minimum atomic E-state index is 0.498. The second kappa shape index (κ2) is 3.59. The SMILES string of the molecule is Cc1ccc(C(C)C)cc1NO. The first-order valence-electron chi connectivity index (χ1n) is 4.16. The van der Waals surface area contributed by atoms with Crippen LogP contribution in [0.15, 0.2) is 18.2 Å². The van der Waals surface area contributed by atoms with Gasteiger partial charge in [-0.25, -0.2) is 0 Å². The second-order valence-corrected chi connectivity index (χ2v) is 3.34. The van der Waals surface area contributed by atoms with Gasteiger partial charge >= 0.3 is 0 Å². The van der Waals surface area contributed by atoms with Gasteiger partial charge in [0.05, 0.1) is 5.69 Å². The quantitative estimate of drug-likeness (QED) is 0.660. The Morgan fingerprint density at radius 1 is 1.33 bits per heavy atom. The van der Waals surface area contributed by atoms with Crippen LogP contribution >= 0.6 is 0 Å². The zero-order valence-electron chi connectivity index (χ0n) is 7.76. The van der Waals surface area contributed by atoms with Crippen molar-refractivity contribution < 1.29 is 5.21 Å². The van der Waals surface area contributed by atoms with Crippen LogP contribution in [0.25, 0.3) is 0 Å². The van der Waals surface area contributed by atoms with Gasteiger partial charge in [0.1, 0.15) is 0 Å². The molecule has 0 aliphatic heterocycles.